The number of aryl methyl sites for hydroxylation is 1. The predicted molar refractivity (Wildman–Crippen MR) is 84.0 cm³/mol. The van der Waals surface area contributed by atoms with Crippen LogP contribution in [-0.2, 0) is 6.61 Å². The second-order valence-corrected chi connectivity index (χ2v) is 5.43. The molecule has 20 heavy (non-hydrogen) atoms. The van der Waals surface area contributed by atoms with E-state index in [9.17, 15) is 0 Å². The van der Waals surface area contributed by atoms with Crippen molar-refractivity contribution in [1.29, 1.82) is 0 Å². The van der Waals surface area contributed by atoms with E-state index in [0.717, 1.165) is 40.3 Å². The molecule has 0 saturated carbocycles. The molecule has 0 spiro atoms. The summed E-state index contributed by atoms with van der Waals surface area (Å²) in [5.74, 6) is 1.66. The third kappa shape index (κ3) is 4.20. The first-order chi connectivity index (χ1) is 9.69. The fourth-order valence-electron chi connectivity index (χ4n) is 1.65. The summed E-state index contributed by atoms with van der Waals surface area (Å²) in [6.45, 7) is 5.45. The number of nitrogens with zero attached hydrogens (tertiary/aromatic N) is 2. The van der Waals surface area contributed by atoms with Crippen molar-refractivity contribution in [3.05, 3.63) is 46.3 Å². The van der Waals surface area contributed by atoms with E-state index in [0.29, 0.717) is 6.61 Å². The number of benzene rings is 1. The molecule has 2 rings (SSSR count). The Kier molecular flexibility index (Phi) is 5.35. The van der Waals surface area contributed by atoms with Crippen LogP contribution in [0, 0.1) is 6.92 Å². The summed E-state index contributed by atoms with van der Waals surface area (Å²) < 4.78 is 6.77. The molecule has 1 aromatic carbocycles. The molecular weight excluding hydrogens is 318 g/mol. The lowest BCUT2D eigenvalue weighted by molar-refractivity contribution is 0.298. The fourth-order valence-corrected chi connectivity index (χ4v) is 1.99. The zero-order valence-electron chi connectivity index (χ0n) is 11.7. The van der Waals surface area contributed by atoms with Crippen molar-refractivity contribution in [3.8, 4) is 5.75 Å². The molecule has 1 heterocycles. The summed E-state index contributed by atoms with van der Waals surface area (Å²) in [6.07, 6.45) is 4.54. The van der Waals surface area contributed by atoms with Gasteiger partial charge in [-0.3, -0.25) is 4.98 Å². The molecule has 1 aromatic heterocycles. The van der Waals surface area contributed by atoms with Gasteiger partial charge in [-0.15, -0.1) is 0 Å². The van der Waals surface area contributed by atoms with Gasteiger partial charge in [0, 0.05) is 11.0 Å². The summed E-state index contributed by atoms with van der Waals surface area (Å²) in [5, 5.41) is 3.19. The normalized spacial score (nSPS) is 10.3. The highest BCUT2D eigenvalue weighted by molar-refractivity contribution is 9.10. The topological polar surface area (TPSA) is 47.0 Å². The molecule has 106 valence electrons. The van der Waals surface area contributed by atoms with Crippen molar-refractivity contribution in [1.82, 2.24) is 9.97 Å². The number of hydrogen-bond donors (Lipinski definition) is 1. The molecule has 4 nitrogen and oxygen atoms in total. The van der Waals surface area contributed by atoms with Gasteiger partial charge in [-0.1, -0.05) is 28.9 Å². The first-order valence-corrected chi connectivity index (χ1v) is 7.42. The van der Waals surface area contributed by atoms with E-state index in [1.165, 1.54) is 0 Å². The van der Waals surface area contributed by atoms with Crippen molar-refractivity contribution in [2.45, 2.75) is 26.9 Å². The van der Waals surface area contributed by atoms with Crippen LogP contribution in [0.3, 0.4) is 0 Å². The number of rotatable bonds is 6. The molecule has 0 aliphatic carbocycles. The molecule has 0 saturated heterocycles. The average Bonchev–Trinajstić information content (AvgIpc) is 2.47. The molecule has 0 unspecified atom stereocenters. The lowest BCUT2D eigenvalue weighted by Crippen LogP contribution is -2.05. The van der Waals surface area contributed by atoms with Gasteiger partial charge >= 0.3 is 0 Å². The van der Waals surface area contributed by atoms with Crippen LogP contribution in [0.25, 0.3) is 0 Å². The molecular formula is C15H18BrN3O. The summed E-state index contributed by atoms with van der Waals surface area (Å²) in [5.41, 5.74) is 1.91. The molecule has 0 amide bonds. The Balaban J connectivity index is 1.95. The van der Waals surface area contributed by atoms with Gasteiger partial charge in [0.2, 0.25) is 0 Å². The first-order valence-electron chi connectivity index (χ1n) is 6.62. The highest BCUT2D eigenvalue weighted by Gasteiger charge is 2.03. The average molecular weight is 336 g/mol. The number of ether oxygens (including phenoxy) is 1. The fraction of sp³-hybridized carbons (Fsp3) is 0.333. The van der Waals surface area contributed by atoms with Gasteiger partial charge in [-0.25, -0.2) is 4.98 Å². The summed E-state index contributed by atoms with van der Waals surface area (Å²) in [4.78, 5) is 8.64. The minimum atomic E-state index is 0.415. The molecule has 5 heteroatoms. The van der Waals surface area contributed by atoms with Crippen LogP contribution >= 0.6 is 15.9 Å². The zero-order valence-corrected chi connectivity index (χ0v) is 13.3. The Labute approximate surface area is 127 Å². The second-order valence-electron chi connectivity index (χ2n) is 4.52. The van der Waals surface area contributed by atoms with E-state index in [1.54, 1.807) is 12.4 Å². The van der Waals surface area contributed by atoms with Crippen LogP contribution in [0.1, 0.15) is 24.6 Å². The van der Waals surface area contributed by atoms with Crippen molar-refractivity contribution < 1.29 is 4.74 Å². The van der Waals surface area contributed by atoms with Crippen molar-refractivity contribution in [2.75, 3.05) is 11.9 Å². The number of anilines is 1. The van der Waals surface area contributed by atoms with Crippen LogP contribution in [-0.4, -0.2) is 16.5 Å². The first kappa shape index (κ1) is 14.8. The quantitative estimate of drug-likeness (QED) is 0.868. The summed E-state index contributed by atoms with van der Waals surface area (Å²) in [7, 11) is 0. The van der Waals surface area contributed by atoms with E-state index < -0.39 is 0 Å². The van der Waals surface area contributed by atoms with E-state index >= 15 is 0 Å². The minimum absolute atomic E-state index is 0.415. The van der Waals surface area contributed by atoms with E-state index in [-0.39, 0.29) is 0 Å². The minimum Gasteiger partial charge on any atom is -0.487 e. The Hall–Kier alpha value is -1.62. The van der Waals surface area contributed by atoms with Crippen molar-refractivity contribution in [2.24, 2.45) is 0 Å². The lowest BCUT2D eigenvalue weighted by atomic mass is 10.2. The summed E-state index contributed by atoms with van der Waals surface area (Å²) in [6, 6.07) is 5.97. The number of nitrogens with one attached hydrogen (secondary N) is 1. The number of aromatic nitrogens is 2. The molecule has 0 atom stereocenters. The highest BCUT2D eigenvalue weighted by Crippen LogP contribution is 2.23. The largest absolute Gasteiger partial charge is 0.487 e. The van der Waals surface area contributed by atoms with E-state index in [4.69, 9.17) is 4.74 Å². The monoisotopic (exact) mass is 335 g/mol. The molecule has 1 N–H and O–H groups in total. The van der Waals surface area contributed by atoms with Gasteiger partial charge < -0.3 is 10.1 Å². The van der Waals surface area contributed by atoms with Gasteiger partial charge in [0.05, 0.1) is 18.1 Å². The Bertz CT molecular complexity index is 558. The van der Waals surface area contributed by atoms with E-state index in [2.05, 4.69) is 38.1 Å². The van der Waals surface area contributed by atoms with Crippen molar-refractivity contribution >= 4 is 21.7 Å². The Morgan fingerprint density at radius 1 is 1.25 bits per heavy atom. The van der Waals surface area contributed by atoms with Crippen LogP contribution in [0.2, 0.25) is 0 Å². The van der Waals surface area contributed by atoms with E-state index in [1.807, 2.05) is 25.1 Å². The number of hydrogen-bond acceptors (Lipinski definition) is 4. The molecule has 0 fully saturated rings. The lowest BCUT2D eigenvalue weighted by Gasteiger charge is -2.09. The third-order valence-electron chi connectivity index (χ3n) is 2.79. The van der Waals surface area contributed by atoms with Crippen LogP contribution in [0.4, 0.5) is 5.82 Å². The Morgan fingerprint density at radius 3 is 2.80 bits per heavy atom. The van der Waals surface area contributed by atoms with Gasteiger partial charge in [0.15, 0.2) is 0 Å². The smallest absolute Gasteiger partial charge is 0.144 e. The van der Waals surface area contributed by atoms with Gasteiger partial charge in [0.25, 0.3) is 0 Å². The molecule has 0 aliphatic heterocycles. The highest BCUT2D eigenvalue weighted by atomic mass is 79.9. The molecule has 0 radical (unpaired) electrons. The molecule has 0 aliphatic rings. The second kappa shape index (κ2) is 7.24. The zero-order chi connectivity index (χ0) is 14.4. The maximum Gasteiger partial charge on any atom is 0.144 e. The van der Waals surface area contributed by atoms with Gasteiger partial charge in [-0.05, 0) is 31.0 Å². The van der Waals surface area contributed by atoms with Crippen LogP contribution < -0.4 is 10.1 Å². The maximum atomic E-state index is 5.77. The van der Waals surface area contributed by atoms with Crippen LogP contribution in [0.5, 0.6) is 5.75 Å². The number of halogens is 1. The van der Waals surface area contributed by atoms with Crippen LogP contribution in [0.15, 0.2) is 35.1 Å². The van der Waals surface area contributed by atoms with Crippen molar-refractivity contribution in [3.63, 3.8) is 0 Å². The SMILES string of the molecule is CCCNc1cnc(COc2cc(Br)ccc2C)cn1. The molecule has 2 aromatic rings. The van der Waals surface area contributed by atoms with Gasteiger partial charge in [0.1, 0.15) is 18.2 Å². The Morgan fingerprint density at radius 2 is 2.10 bits per heavy atom. The third-order valence-corrected chi connectivity index (χ3v) is 3.28. The molecule has 0 bridgehead atoms. The van der Waals surface area contributed by atoms with Gasteiger partial charge in [-0.2, -0.15) is 0 Å². The predicted octanol–water partition coefficient (Wildman–Crippen LogP) is 3.95. The standard InChI is InChI=1S/C15H18BrN3O/c1-3-6-17-15-9-18-13(8-19-15)10-20-14-7-12(16)5-4-11(14)2/h4-5,7-9H,3,6,10H2,1-2H3,(H,17,19). The summed E-state index contributed by atoms with van der Waals surface area (Å²) >= 11 is 3.44. The maximum absolute atomic E-state index is 5.77.